The van der Waals surface area contributed by atoms with Gasteiger partial charge in [0.2, 0.25) is 0 Å². The van der Waals surface area contributed by atoms with E-state index in [9.17, 15) is 0 Å². The Morgan fingerprint density at radius 3 is 1.65 bits per heavy atom. The summed E-state index contributed by atoms with van der Waals surface area (Å²) < 4.78 is 0. The quantitative estimate of drug-likeness (QED) is 0.531. The molecule has 2 aromatic rings. The van der Waals surface area contributed by atoms with E-state index in [4.69, 9.17) is 0 Å². The van der Waals surface area contributed by atoms with Gasteiger partial charge in [0.15, 0.2) is 0 Å². The van der Waals surface area contributed by atoms with Crippen molar-refractivity contribution in [2.24, 2.45) is 0 Å². The Kier molecular flexibility index (Phi) is 7.35. The number of aryl methyl sites for hydroxylation is 1. The van der Waals surface area contributed by atoms with Crippen LogP contribution in [0.2, 0.25) is 0 Å². The van der Waals surface area contributed by atoms with Gasteiger partial charge in [-0.1, -0.05) is 118 Å². The van der Waals surface area contributed by atoms with Crippen LogP contribution in [0.15, 0.2) is 54.6 Å². The Morgan fingerprint density at radius 1 is 0.615 bits per heavy atom. The minimum Gasteiger partial charge on any atom is -0.0622 e. The number of hydrogen-bond donors (Lipinski definition) is 0. The number of hydrogen-bond acceptors (Lipinski definition) is 0. The summed E-state index contributed by atoms with van der Waals surface area (Å²) in [5, 5.41) is 0. The summed E-state index contributed by atoms with van der Waals surface area (Å²) in [4.78, 5) is 0. The highest BCUT2D eigenvalue weighted by atomic mass is 14.4. The fourth-order valence-electron chi connectivity index (χ4n) is 4.75. The Balaban J connectivity index is 1.88. The van der Waals surface area contributed by atoms with Crippen molar-refractivity contribution < 1.29 is 0 Å². The summed E-state index contributed by atoms with van der Waals surface area (Å²) in [6, 6.07) is 20.7. The molecule has 0 bridgehead atoms. The van der Waals surface area contributed by atoms with E-state index in [1.54, 1.807) is 5.56 Å². The summed E-state index contributed by atoms with van der Waals surface area (Å²) in [6.07, 6.45) is 16.6. The molecule has 0 heterocycles. The molecule has 0 saturated heterocycles. The lowest BCUT2D eigenvalue weighted by Gasteiger charge is -2.36. The van der Waals surface area contributed by atoms with Crippen molar-refractivity contribution in [1.29, 1.82) is 0 Å². The highest BCUT2D eigenvalue weighted by Gasteiger charge is 2.31. The molecule has 2 aromatic carbocycles. The van der Waals surface area contributed by atoms with Crippen LogP contribution >= 0.6 is 0 Å². The average Bonchev–Trinajstić information content (AvgIpc) is 2.65. The molecule has 0 amide bonds. The van der Waals surface area contributed by atoms with Gasteiger partial charge in [0.25, 0.3) is 0 Å². The van der Waals surface area contributed by atoms with Gasteiger partial charge in [-0.15, -0.1) is 0 Å². The maximum absolute atomic E-state index is 2.42. The van der Waals surface area contributed by atoms with Gasteiger partial charge in [-0.25, -0.2) is 0 Å². The van der Waals surface area contributed by atoms with Crippen LogP contribution in [0, 0.1) is 6.92 Å². The Hall–Kier alpha value is -1.56. The van der Waals surface area contributed by atoms with Gasteiger partial charge in [0.1, 0.15) is 0 Å². The normalized spacial score (nSPS) is 19.3. The fraction of sp³-hybridized carbons (Fsp3) is 0.538. The molecule has 0 nitrogen and oxygen atoms in total. The Morgan fingerprint density at radius 2 is 1.12 bits per heavy atom. The summed E-state index contributed by atoms with van der Waals surface area (Å²) in [6.45, 7) is 2.20. The largest absolute Gasteiger partial charge is 0.0622 e. The first-order valence-corrected chi connectivity index (χ1v) is 10.9. The second kappa shape index (κ2) is 9.95. The summed E-state index contributed by atoms with van der Waals surface area (Å²) in [5.41, 5.74) is 4.76. The molecular formula is C26H36. The molecule has 1 fully saturated rings. The van der Waals surface area contributed by atoms with Crippen molar-refractivity contribution in [3.05, 3.63) is 71.3 Å². The molecule has 0 aliphatic heterocycles. The maximum Gasteiger partial charge on any atom is -0.000665 e. The molecule has 1 saturated carbocycles. The zero-order valence-corrected chi connectivity index (χ0v) is 16.7. The maximum atomic E-state index is 2.42. The SMILES string of the molecule is Cc1ccc(C2(Cc3ccccc3)CCCCCCCCCCC2)cc1. The van der Waals surface area contributed by atoms with E-state index in [2.05, 4.69) is 61.5 Å². The Bertz CT molecular complexity index is 611. The van der Waals surface area contributed by atoms with Crippen LogP contribution in [0.3, 0.4) is 0 Å². The van der Waals surface area contributed by atoms with Crippen molar-refractivity contribution in [2.45, 2.75) is 89.4 Å². The van der Waals surface area contributed by atoms with Crippen molar-refractivity contribution >= 4 is 0 Å². The van der Waals surface area contributed by atoms with Crippen LogP contribution in [-0.2, 0) is 11.8 Å². The first kappa shape index (κ1) is 19.2. The molecular weight excluding hydrogens is 312 g/mol. The monoisotopic (exact) mass is 348 g/mol. The fourth-order valence-corrected chi connectivity index (χ4v) is 4.75. The minimum atomic E-state index is 0.314. The van der Waals surface area contributed by atoms with Gasteiger partial charge in [-0.3, -0.25) is 0 Å². The first-order valence-electron chi connectivity index (χ1n) is 10.9. The zero-order chi connectivity index (χ0) is 18.1. The Labute approximate surface area is 161 Å². The molecule has 0 radical (unpaired) electrons. The molecule has 3 rings (SSSR count). The van der Waals surface area contributed by atoms with Gasteiger partial charge in [-0.05, 0) is 42.7 Å². The molecule has 0 N–H and O–H groups in total. The predicted octanol–water partition coefficient (Wildman–Crippen LogP) is 7.78. The smallest absolute Gasteiger partial charge is 0.000665 e. The third-order valence-electron chi connectivity index (χ3n) is 6.36. The lowest BCUT2D eigenvalue weighted by molar-refractivity contribution is 0.325. The second-order valence-corrected chi connectivity index (χ2v) is 8.49. The highest BCUT2D eigenvalue weighted by Crippen LogP contribution is 2.39. The van der Waals surface area contributed by atoms with E-state index in [0.29, 0.717) is 5.41 Å². The van der Waals surface area contributed by atoms with E-state index >= 15 is 0 Å². The predicted molar refractivity (Wildman–Crippen MR) is 114 cm³/mol. The van der Waals surface area contributed by atoms with Crippen molar-refractivity contribution in [3.8, 4) is 0 Å². The summed E-state index contributed by atoms with van der Waals surface area (Å²) in [7, 11) is 0. The third kappa shape index (κ3) is 5.47. The topological polar surface area (TPSA) is 0 Å². The van der Waals surface area contributed by atoms with Crippen LogP contribution in [0.4, 0.5) is 0 Å². The lowest BCUT2D eigenvalue weighted by atomic mass is 9.68. The molecule has 0 spiro atoms. The standard InChI is InChI=1S/C26H36/c1-23-16-18-25(19-17-23)26(22-24-14-10-9-11-15-24)20-12-7-5-3-2-4-6-8-13-21-26/h9-11,14-19H,2-8,12-13,20-22H2,1H3. The van der Waals surface area contributed by atoms with Crippen molar-refractivity contribution in [2.75, 3.05) is 0 Å². The molecule has 0 heteroatoms. The van der Waals surface area contributed by atoms with Gasteiger partial charge in [0, 0.05) is 0 Å². The molecule has 0 atom stereocenters. The van der Waals surface area contributed by atoms with E-state index in [1.807, 2.05) is 0 Å². The molecule has 0 unspecified atom stereocenters. The van der Waals surface area contributed by atoms with Crippen LogP contribution in [-0.4, -0.2) is 0 Å². The molecule has 26 heavy (non-hydrogen) atoms. The van der Waals surface area contributed by atoms with Crippen LogP contribution < -0.4 is 0 Å². The number of benzene rings is 2. The first-order chi connectivity index (χ1) is 12.8. The van der Waals surface area contributed by atoms with E-state index in [1.165, 1.54) is 88.2 Å². The van der Waals surface area contributed by atoms with Gasteiger partial charge in [0.05, 0.1) is 0 Å². The lowest BCUT2D eigenvalue weighted by Crippen LogP contribution is -2.29. The van der Waals surface area contributed by atoms with E-state index in [-0.39, 0.29) is 0 Å². The van der Waals surface area contributed by atoms with Crippen LogP contribution in [0.25, 0.3) is 0 Å². The van der Waals surface area contributed by atoms with E-state index < -0.39 is 0 Å². The van der Waals surface area contributed by atoms with Gasteiger partial charge >= 0.3 is 0 Å². The third-order valence-corrected chi connectivity index (χ3v) is 6.36. The van der Waals surface area contributed by atoms with Crippen LogP contribution in [0.5, 0.6) is 0 Å². The highest BCUT2D eigenvalue weighted by molar-refractivity contribution is 5.32. The number of rotatable bonds is 3. The second-order valence-electron chi connectivity index (χ2n) is 8.49. The van der Waals surface area contributed by atoms with Crippen molar-refractivity contribution in [1.82, 2.24) is 0 Å². The zero-order valence-electron chi connectivity index (χ0n) is 16.7. The van der Waals surface area contributed by atoms with Gasteiger partial charge in [-0.2, -0.15) is 0 Å². The molecule has 140 valence electrons. The summed E-state index contributed by atoms with van der Waals surface area (Å²) >= 11 is 0. The molecule has 0 aromatic heterocycles. The van der Waals surface area contributed by atoms with E-state index in [0.717, 1.165) is 0 Å². The van der Waals surface area contributed by atoms with Crippen molar-refractivity contribution in [3.63, 3.8) is 0 Å². The van der Waals surface area contributed by atoms with Crippen LogP contribution in [0.1, 0.15) is 87.3 Å². The summed E-state index contributed by atoms with van der Waals surface area (Å²) in [5.74, 6) is 0. The molecule has 1 aliphatic carbocycles. The van der Waals surface area contributed by atoms with Gasteiger partial charge < -0.3 is 0 Å². The molecule has 1 aliphatic rings. The average molecular weight is 349 g/mol. The minimum absolute atomic E-state index is 0.314.